The number of anilines is 1. The van der Waals surface area contributed by atoms with Crippen molar-refractivity contribution in [1.29, 1.82) is 0 Å². The van der Waals surface area contributed by atoms with Gasteiger partial charge in [0.2, 0.25) is 11.8 Å². The van der Waals surface area contributed by atoms with Gasteiger partial charge in [0.15, 0.2) is 0 Å². The number of hydrogen-bond acceptors (Lipinski definition) is 3. The van der Waals surface area contributed by atoms with E-state index in [1.807, 2.05) is 36.1 Å². The number of piperazine rings is 1. The number of nitrogens with one attached hydrogen (secondary N) is 1. The molecule has 2 fully saturated rings. The Balaban J connectivity index is 1.51. The SMILES string of the molecule is CC(C(=O)Nc1cccc(Br)c1)N1CCN(C(=O)C2CC2)CC1. The molecule has 1 atom stereocenters. The van der Waals surface area contributed by atoms with Crippen molar-refractivity contribution in [3.8, 4) is 0 Å². The first kappa shape index (κ1) is 16.5. The van der Waals surface area contributed by atoms with Gasteiger partial charge in [-0.25, -0.2) is 0 Å². The standard InChI is InChI=1S/C17H22BrN3O2/c1-12(16(22)19-15-4-2-3-14(18)11-15)20-7-9-21(10-8-20)17(23)13-5-6-13/h2-4,11-13H,5-10H2,1H3,(H,19,22). The molecule has 0 spiro atoms. The molecule has 1 aliphatic heterocycles. The highest BCUT2D eigenvalue weighted by Crippen LogP contribution is 2.31. The number of halogens is 1. The maximum absolute atomic E-state index is 12.4. The van der Waals surface area contributed by atoms with E-state index in [2.05, 4.69) is 26.1 Å². The van der Waals surface area contributed by atoms with Gasteiger partial charge in [0.05, 0.1) is 6.04 Å². The Kier molecular flexibility index (Phi) is 5.02. The van der Waals surface area contributed by atoms with Crippen LogP contribution in [0.5, 0.6) is 0 Å². The summed E-state index contributed by atoms with van der Waals surface area (Å²) in [6, 6.07) is 7.38. The van der Waals surface area contributed by atoms with E-state index in [9.17, 15) is 9.59 Å². The number of carbonyl (C=O) groups excluding carboxylic acids is 2. The lowest BCUT2D eigenvalue weighted by molar-refractivity contribution is -0.135. The zero-order valence-corrected chi connectivity index (χ0v) is 14.9. The van der Waals surface area contributed by atoms with Gasteiger partial charge in [0.25, 0.3) is 0 Å². The molecule has 5 nitrogen and oxygen atoms in total. The number of rotatable bonds is 4. The smallest absolute Gasteiger partial charge is 0.241 e. The van der Waals surface area contributed by atoms with Crippen molar-refractivity contribution in [1.82, 2.24) is 9.80 Å². The molecule has 1 heterocycles. The Morgan fingerprint density at radius 2 is 1.91 bits per heavy atom. The molecule has 1 aliphatic carbocycles. The molecule has 0 radical (unpaired) electrons. The maximum atomic E-state index is 12.4. The number of amides is 2. The normalized spacial score (nSPS) is 20.2. The molecule has 3 rings (SSSR count). The van der Waals surface area contributed by atoms with Crippen LogP contribution in [0, 0.1) is 5.92 Å². The largest absolute Gasteiger partial charge is 0.340 e. The zero-order valence-electron chi connectivity index (χ0n) is 13.3. The van der Waals surface area contributed by atoms with E-state index in [1.54, 1.807) is 0 Å². The van der Waals surface area contributed by atoms with E-state index >= 15 is 0 Å². The minimum Gasteiger partial charge on any atom is -0.340 e. The van der Waals surface area contributed by atoms with Crippen molar-refractivity contribution < 1.29 is 9.59 Å². The Hall–Kier alpha value is -1.40. The molecule has 1 unspecified atom stereocenters. The van der Waals surface area contributed by atoms with E-state index in [0.717, 1.165) is 49.2 Å². The minimum atomic E-state index is -0.202. The zero-order chi connectivity index (χ0) is 16.4. The second-order valence-electron chi connectivity index (χ2n) is 6.31. The van der Waals surface area contributed by atoms with E-state index in [0.29, 0.717) is 5.91 Å². The monoisotopic (exact) mass is 379 g/mol. The molecular weight excluding hydrogens is 358 g/mol. The third kappa shape index (κ3) is 4.12. The average Bonchev–Trinajstić information content (AvgIpc) is 3.38. The van der Waals surface area contributed by atoms with Crippen LogP contribution in [0.2, 0.25) is 0 Å². The molecule has 0 bridgehead atoms. The van der Waals surface area contributed by atoms with Crippen molar-refractivity contribution in [3.63, 3.8) is 0 Å². The quantitative estimate of drug-likeness (QED) is 0.873. The topological polar surface area (TPSA) is 52.7 Å². The second kappa shape index (κ2) is 7.01. The van der Waals surface area contributed by atoms with Crippen LogP contribution in [0.25, 0.3) is 0 Å². The molecule has 1 saturated heterocycles. The third-order valence-electron chi connectivity index (χ3n) is 4.57. The number of nitrogens with zero attached hydrogens (tertiary/aromatic N) is 2. The lowest BCUT2D eigenvalue weighted by atomic mass is 10.2. The summed E-state index contributed by atoms with van der Waals surface area (Å²) in [5, 5.41) is 2.95. The summed E-state index contributed by atoms with van der Waals surface area (Å²) < 4.78 is 0.940. The first-order valence-electron chi connectivity index (χ1n) is 8.14. The van der Waals surface area contributed by atoms with Crippen molar-refractivity contribution in [2.24, 2.45) is 5.92 Å². The molecule has 1 aromatic carbocycles. The molecule has 2 amide bonds. The summed E-state index contributed by atoms with van der Waals surface area (Å²) in [4.78, 5) is 28.6. The van der Waals surface area contributed by atoms with Crippen LogP contribution in [0.3, 0.4) is 0 Å². The average molecular weight is 380 g/mol. The van der Waals surface area contributed by atoms with E-state index < -0.39 is 0 Å². The highest BCUT2D eigenvalue weighted by Gasteiger charge is 2.35. The molecule has 2 aliphatic rings. The predicted molar refractivity (Wildman–Crippen MR) is 93.1 cm³/mol. The first-order valence-corrected chi connectivity index (χ1v) is 8.93. The van der Waals surface area contributed by atoms with E-state index in [4.69, 9.17) is 0 Å². The molecule has 23 heavy (non-hydrogen) atoms. The summed E-state index contributed by atoms with van der Waals surface area (Å²) in [7, 11) is 0. The number of hydrogen-bond donors (Lipinski definition) is 1. The van der Waals surface area contributed by atoms with Crippen LogP contribution >= 0.6 is 15.9 Å². The van der Waals surface area contributed by atoms with Gasteiger partial charge in [0.1, 0.15) is 0 Å². The predicted octanol–water partition coefficient (Wildman–Crippen LogP) is 2.33. The van der Waals surface area contributed by atoms with Crippen LogP contribution in [0.4, 0.5) is 5.69 Å². The van der Waals surface area contributed by atoms with Gasteiger partial charge in [-0.2, -0.15) is 0 Å². The van der Waals surface area contributed by atoms with Gasteiger partial charge < -0.3 is 10.2 Å². The van der Waals surface area contributed by atoms with Gasteiger partial charge in [0, 0.05) is 42.3 Å². The van der Waals surface area contributed by atoms with Crippen molar-refractivity contribution >= 4 is 33.4 Å². The van der Waals surface area contributed by atoms with Crippen LogP contribution < -0.4 is 5.32 Å². The molecule has 124 valence electrons. The van der Waals surface area contributed by atoms with Crippen molar-refractivity contribution in [2.45, 2.75) is 25.8 Å². The third-order valence-corrected chi connectivity index (χ3v) is 5.07. The molecule has 1 N–H and O–H groups in total. The Labute approximate surface area is 145 Å². The summed E-state index contributed by atoms with van der Waals surface area (Å²) in [6.45, 7) is 4.89. The maximum Gasteiger partial charge on any atom is 0.241 e. The fourth-order valence-corrected chi connectivity index (χ4v) is 3.30. The van der Waals surface area contributed by atoms with Crippen molar-refractivity contribution in [2.75, 3.05) is 31.5 Å². The minimum absolute atomic E-state index is 0.00919. The summed E-state index contributed by atoms with van der Waals surface area (Å²) in [5.74, 6) is 0.569. The summed E-state index contributed by atoms with van der Waals surface area (Å²) in [6.07, 6.45) is 2.09. The van der Waals surface area contributed by atoms with Gasteiger partial charge in [-0.3, -0.25) is 14.5 Å². The molecule has 1 aromatic rings. The van der Waals surface area contributed by atoms with Crippen LogP contribution in [-0.4, -0.2) is 53.8 Å². The molecule has 6 heteroatoms. The van der Waals surface area contributed by atoms with Crippen LogP contribution in [0.15, 0.2) is 28.7 Å². The first-order chi connectivity index (χ1) is 11.0. The van der Waals surface area contributed by atoms with Gasteiger partial charge in [-0.15, -0.1) is 0 Å². The highest BCUT2D eigenvalue weighted by atomic mass is 79.9. The summed E-state index contributed by atoms with van der Waals surface area (Å²) in [5.41, 5.74) is 0.791. The van der Waals surface area contributed by atoms with Gasteiger partial charge >= 0.3 is 0 Å². The van der Waals surface area contributed by atoms with E-state index in [1.165, 1.54) is 0 Å². The summed E-state index contributed by atoms with van der Waals surface area (Å²) >= 11 is 3.40. The Morgan fingerprint density at radius 1 is 1.22 bits per heavy atom. The molecular formula is C17H22BrN3O2. The van der Waals surface area contributed by atoms with Gasteiger partial charge in [-0.1, -0.05) is 22.0 Å². The molecule has 0 aromatic heterocycles. The Bertz CT molecular complexity index is 595. The lowest BCUT2D eigenvalue weighted by Crippen LogP contribution is -2.54. The fourth-order valence-electron chi connectivity index (χ4n) is 2.90. The van der Waals surface area contributed by atoms with Crippen molar-refractivity contribution in [3.05, 3.63) is 28.7 Å². The second-order valence-corrected chi connectivity index (χ2v) is 7.23. The number of carbonyl (C=O) groups is 2. The van der Waals surface area contributed by atoms with Crippen LogP contribution in [0.1, 0.15) is 19.8 Å². The fraction of sp³-hybridized carbons (Fsp3) is 0.529. The van der Waals surface area contributed by atoms with E-state index in [-0.39, 0.29) is 17.9 Å². The van der Waals surface area contributed by atoms with Crippen LogP contribution in [-0.2, 0) is 9.59 Å². The lowest BCUT2D eigenvalue weighted by Gasteiger charge is -2.37. The Morgan fingerprint density at radius 3 is 2.52 bits per heavy atom. The number of benzene rings is 1. The molecule has 1 saturated carbocycles. The van der Waals surface area contributed by atoms with Gasteiger partial charge in [-0.05, 0) is 38.0 Å². The highest BCUT2D eigenvalue weighted by molar-refractivity contribution is 9.10.